The maximum atomic E-state index is 13.7. The number of alkyl halides is 3. The lowest BCUT2D eigenvalue weighted by atomic mass is 10.00. The molecule has 162 valence electrons. The highest BCUT2D eigenvalue weighted by atomic mass is 19.4. The summed E-state index contributed by atoms with van der Waals surface area (Å²) < 4.78 is 53.7. The van der Waals surface area contributed by atoms with Gasteiger partial charge in [0, 0.05) is 24.9 Å². The van der Waals surface area contributed by atoms with Gasteiger partial charge in [-0.05, 0) is 30.5 Å². The third-order valence-electron chi connectivity index (χ3n) is 5.45. The van der Waals surface area contributed by atoms with E-state index >= 15 is 0 Å². The zero-order chi connectivity index (χ0) is 22.0. The van der Waals surface area contributed by atoms with Gasteiger partial charge in [-0.25, -0.2) is 4.79 Å². The van der Waals surface area contributed by atoms with Gasteiger partial charge in [0.15, 0.2) is 0 Å². The van der Waals surface area contributed by atoms with E-state index in [9.17, 15) is 18.0 Å². The average molecular weight is 429 g/mol. The van der Waals surface area contributed by atoms with Crippen molar-refractivity contribution in [3.63, 3.8) is 0 Å². The Bertz CT molecular complexity index is 1070. The second-order valence-corrected chi connectivity index (χ2v) is 7.56. The minimum absolute atomic E-state index is 0.0360. The van der Waals surface area contributed by atoms with Gasteiger partial charge in [0.1, 0.15) is 6.61 Å². The monoisotopic (exact) mass is 429 g/mol. The fraction of sp³-hybridized carbons (Fsp3) is 0.292. The Morgan fingerprint density at radius 2 is 1.81 bits per heavy atom. The topological polar surface area (TPSA) is 40.5 Å². The number of hydrogen-bond donors (Lipinski definition) is 0. The molecule has 31 heavy (non-hydrogen) atoms. The van der Waals surface area contributed by atoms with E-state index in [1.807, 2.05) is 30.3 Å². The molecule has 1 saturated heterocycles. The van der Waals surface area contributed by atoms with Gasteiger partial charge in [-0.15, -0.1) is 0 Å². The lowest BCUT2D eigenvalue weighted by molar-refractivity contribution is -0.137. The molecule has 0 N–H and O–H groups in total. The number of rotatable bonds is 6. The molecule has 2 aromatic carbocycles. The van der Waals surface area contributed by atoms with E-state index in [0.29, 0.717) is 24.4 Å². The first kappa shape index (κ1) is 21.2. The van der Waals surface area contributed by atoms with E-state index in [1.165, 1.54) is 12.1 Å². The van der Waals surface area contributed by atoms with E-state index in [-0.39, 0.29) is 23.8 Å². The number of halogens is 3. The highest BCUT2D eigenvalue weighted by Gasteiger charge is 2.35. The fourth-order valence-corrected chi connectivity index (χ4v) is 3.75. The molecule has 0 radical (unpaired) electrons. The van der Waals surface area contributed by atoms with Crippen molar-refractivity contribution >= 4 is 5.97 Å². The van der Waals surface area contributed by atoms with Crippen LogP contribution in [0.5, 0.6) is 0 Å². The second kappa shape index (κ2) is 8.59. The van der Waals surface area contributed by atoms with Gasteiger partial charge in [-0.2, -0.15) is 13.2 Å². The van der Waals surface area contributed by atoms with Crippen LogP contribution in [0.4, 0.5) is 13.2 Å². The minimum atomic E-state index is -4.51. The number of aromatic nitrogens is 1. The van der Waals surface area contributed by atoms with E-state index in [2.05, 4.69) is 0 Å². The van der Waals surface area contributed by atoms with Gasteiger partial charge in [0.25, 0.3) is 0 Å². The molecule has 1 aliphatic heterocycles. The smallest absolute Gasteiger partial charge is 0.417 e. The van der Waals surface area contributed by atoms with Gasteiger partial charge in [-0.3, -0.25) is 0 Å². The van der Waals surface area contributed by atoms with Crippen LogP contribution in [-0.4, -0.2) is 23.2 Å². The molecule has 0 spiro atoms. The van der Waals surface area contributed by atoms with Crippen molar-refractivity contribution in [1.29, 1.82) is 0 Å². The molecule has 0 saturated carbocycles. The molecular formula is C24H22F3NO3. The normalized spacial score (nSPS) is 16.1. The molecule has 4 nitrogen and oxygen atoms in total. The molecule has 3 aromatic rings. The minimum Gasteiger partial charge on any atom is -0.457 e. The van der Waals surface area contributed by atoms with Crippen LogP contribution in [0.3, 0.4) is 0 Å². The zero-order valence-corrected chi connectivity index (χ0v) is 17.0. The maximum Gasteiger partial charge on any atom is 0.417 e. The van der Waals surface area contributed by atoms with Crippen LogP contribution in [0, 0.1) is 6.92 Å². The summed E-state index contributed by atoms with van der Waals surface area (Å²) in [4.78, 5) is 12.8. The van der Waals surface area contributed by atoms with Gasteiger partial charge < -0.3 is 14.0 Å². The van der Waals surface area contributed by atoms with E-state index in [0.717, 1.165) is 18.1 Å². The van der Waals surface area contributed by atoms with E-state index < -0.39 is 17.7 Å². The summed E-state index contributed by atoms with van der Waals surface area (Å²) in [6, 6.07) is 14.6. The first-order valence-electron chi connectivity index (χ1n) is 10.0. The van der Waals surface area contributed by atoms with Crippen molar-refractivity contribution in [3.05, 3.63) is 83.0 Å². The molecule has 1 unspecified atom stereocenters. The molecule has 0 amide bonds. The van der Waals surface area contributed by atoms with Crippen LogP contribution in [0.2, 0.25) is 0 Å². The lowest BCUT2D eigenvalue weighted by Crippen LogP contribution is -2.31. The van der Waals surface area contributed by atoms with Gasteiger partial charge in [-0.1, -0.05) is 48.5 Å². The lowest BCUT2D eigenvalue weighted by Gasteiger charge is -2.28. The van der Waals surface area contributed by atoms with Crippen LogP contribution >= 0.6 is 0 Å². The summed E-state index contributed by atoms with van der Waals surface area (Å²) >= 11 is 0. The van der Waals surface area contributed by atoms with Gasteiger partial charge in [0.05, 0.1) is 22.9 Å². The van der Waals surface area contributed by atoms with Crippen molar-refractivity contribution in [2.45, 2.75) is 38.8 Å². The van der Waals surface area contributed by atoms with Gasteiger partial charge in [0.2, 0.25) is 0 Å². The number of carbonyl (C=O) groups excluding carboxylic acids is 1. The number of hydrogen-bond acceptors (Lipinski definition) is 3. The summed E-state index contributed by atoms with van der Waals surface area (Å²) in [7, 11) is 0. The molecule has 0 bridgehead atoms. The Hall–Kier alpha value is -3.06. The van der Waals surface area contributed by atoms with Crippen LogP contribution < -0.4 is 0 Å². The number of carbonyl (C=O) groups is 1. The van der Waals surface area contributed by atoms with Crippen molar-refractivity contribution in [1.82, 2.24) is 4.57 Å². The second-order valence-electron chi connectivity index (χ2n) is 7.56. The van der Waals surface area contributed by atoms with Crippen molar-refractivity contribution in [2.75, 3.05) is 6.61 Å². The van der Waals surface area contributed by atoms with E-state index in [4.69, 9.17) is 9.47 Å². The van der Waals surface area contributed by atoms with Crippen LogP contribution in [0.15, 0.2) is 60.8 Å². The van der Waals surface area contributed by atoms with E-state index in [1.54, 1.807) is 23.8 Å². The Balaban J connectivity index is 1.71. The fourth-order valence-electron chi connectivity index (χ4n) is 3.75. The first-order chi connectivity index (χ1) is 14.8. The molecule has 1 aromatic heterocycles. The standard InChI is InChI=1S/C24H22F3NO3/c1-16-20(23(29)31-15-17-7-3-2-4-8-17)14-28(13-18-11-12-30-18)22(16)19-9-5-6-10-21(19)24(25,26)27/h2-10,14,18H,11-13,15H2,1H3. The quantitative estimate of drug-likeness (QED) is 0.477. The third kappa shape index (κ3) is 4.51. The largest absolute Gasteiger partial charge is 0.457 e. The van der Waals surface area contributed by atoms with Crippen LogP contribution in [-0.2, 0) is 28.8 Å². The van der Waals surface area contributed by atoms with Crippen molar-refractivity contribution in [3.8, 4) is 11.3 Å². The van der Waals surface area contributed by atoms with Crippen molar-refractivity contribution in [2.24, 2.45) is 0 Å². The maximum absolute atomic E-state index is 13.7. The molecular weight excluding hydrogens is 407 g/mol. The Labute approximate surface area is 178 Å². The highest BCUT2D eigenvalue weighted by Crippen LogP contribution is 2.39. The van der Waals surface area contributed by atoms with Crippen LogP contribution in [0.1, 0.15) is 33.5 Å². The number of esters is 1. The molecule has 4 rings (SSSR count). The SMILES string of the molecule is Cc1c(C(=O)OCc2ccccc2)cn(CC2CCO2)c1-c1ccccc1C(F)(F)F. The predicted octanol–water partition coefficient (Wildman–Crippen LogP) is 5.63. The Kier molecular flexibility index (Phi) is 5.87. The zero-order valence-electron chi connectivity index (χ0n) is 17.0. The van der Waals surface area contributed by atoms with Crippen LogP contribution in [0.25, 0.3) is 11.3 Å². The molecule has 1 fully saturated rings. The molecule has 2 heterocycles. The molecule has 1 aliphatic rings. The summed E-state index contributed by atoms with van der Waals surface area (Å²) in [5.41, 5.74) is 1.19. The molecule has 1 atom stereocenters. The predicted molar refractivity (Wildman–Crippen MR) is 110 cm³/mol. The highest BCUT2D eigenvalue weighted by molar-refractivity contribution is 5.93. The third-order valence-corrected chi connectivity index (χ3v) is 5.45. The summed E-state index contributed by atoms with van der Waals surface area (Å²) in [6.45, 7) is 2.74. The average Bonchev–Trinajstić information content (AvgIpc) is 3.05. The Morgan fingerprint density at radius 3 is 2.45 bits per heavy atom. The molecule has 0 aliphatic carbocycles. The molecule has 7 heteroatoms. The Morgan fingerprint density at radius 1 is 1.13 bits per heavy atom. The summed E-state index contributed by atoms with van der Waals surface area (Å²) in [5, 5.41) is 0. The number of ether oxygens (including phenoxy) is 2. The summed E-state index contributed by atoms with van der Waals surface area (Å²) in [5.74, 6) is -0.569. The van der Waals surface area contributed by atoms with Gasteiger partial charge >= 0.3 is 12.1 Å². The van der Waals surface area contributed by atoms with Crippen molar-refractivity contribution < 1.29 is 27.4 Å². The summed E-state index contributed by atoms with van der Waals surface area (Å²) in [6.07, 6.45) is -2.20. The number of benzene rings is 2. The first-order valence-corrected chi connectivity index (χ1v) is 10.0. The number of nitrogens with zero attached hydrogens (tertiary/aromatic N) is 1.